The van der Waals surface area contributed by atoms with Crippen LogP contribution in [0.3, 0.4) is 0 Å². The van der Waals surface area contributed by atoms with Crippen LogP contribution in [0.25, 0.3) is 5.57 Å². The molecule has 2 amide bonds. The molecule has 0 aliphatic carbocycles. The van der Waals surface area contributed by atoms with Crippen LogP contribution in [-0.4, -0.2) is 41.4 Å². The minimum absolute atomic E-state index is 0.109. The lowest BCUT2D eigenvalue weighted by Crippen LogP contribution is -2.32. The van der Waals surface area contributed by atoms with Crippen molar-refractivity contribution in [3.05, 3.63) is 89.9 Å². The van der Waals surface area contributed by atoms with E-state index in [0.717, 1.165) is 18.8 Å². The van der Waals surface area contributed by atoms with Gasteiger partial charge in [-0.05, 0) is 73.9 Å². The number of rotatable bonds is 8. The summed E-state index contributed by atoms with van der Waals surface area (Å²) < 4.78 is 5.54. The van der Waals surface area contributed by atoms with Gasteiger partial charge in [-0.25, -0.2) is 0 Å². The molecule has 0 atom stereocenters. The molecule has 35 heavy (non-hydrogen) atoms. The van der Waals surface area contributed by atoms with Crippen molar-refractivity contribution in [3.63, 3.8) is 0 Å². The lowest BCUT2D eigenvalue weighted by atomic mass is 10.0. The lowest BCUT2D eigenvalue weighted by Gasteiger charge is -2.18. The Morgan fingerprint density at radius 2 is 1.66 bits per heavy atom. The Morgan fingerprint density at radius 3 is 2.31 bits per heavy atom. The Hall–Kier alpha value is -4.13. The Morgan fingerprint density at radius 1 is 0.914 bits per heavy atom. The number of amides is 2. The standard InChI is InChI=1S/C28H28N4O3/c1-2-35-24-14-8-20(9-15-24)25-26(28(34)32(27(25)33)19-22-7-3-4-16-29-22)30-21-10-12-23(13-11-21)31-17-5-6-18-31/h3-4,7-16,30H,2,5-6,17-19H2,1H3. The quantitative estimate of drug-likeness (QED) is 0.492. The molecule has 0 saturated carbocycles. The molecule has 0 spiro atoms. The maximum atomic E-state index is 13.5. The van der Waals surface area contributed by atoms with E-state index < -0.39 is 0 Å². The van der Waals surface area contributed by atoms with Crippen LogP contribution in [0.1, 0.15) is 31.0 Å². The van der Waals surface area contributed by atoms with Gasteiger partial charge in [0.1, 0.15) is 11.4 Å². The van der Waals surface area contributed by atoms with E-state index >= 15 is 0 Å². The molecular formula is C28H28N4O3. The molecule has 0 radical (unpaired) electrons. The van der Waals surface area contributed by atoms with Crippen molar-refractivity contribution in [2.24, 2.45) is 0 Å². The van der Waals surface area contributed by atoms with E-state index in [2.05, 4.69) is 27.3 Å². The van der Waals surface area contributed by atoms with E-state index in [1.165, 1.54) is 23.4 Å². The van der Waals surface area contributed by atoms with Gasteiger partial charge in [0.05, 0.1) is 24.4 Å². The van der Waals surface area contributed by atoms with Crippen LogP contribution in [0.4, 0.5) is 11.4 Å². The van der Waals surface area contributed by atoms with Crippen LogP contribution in [0.2, 0.25) is 0 Å². The SMILES string of the molecule is CCOc1ccc(C2=C(Nc3ccc(N4CCCC4)cc3)C(=O)N(Cc3ccccn3)C2=O)cc1. The zero-order valence-corrected chi connectivity index (χ0v) is 19.7. The second kappa shape index (κ2) is 10.0. The zero-order valence-electron chi connectivity index (χ0n) is 19.7. The van der Waals surface area contributed by atoms with E-state index in [9.17, 15) is 9.59 Å². The number of carbonyl (C=O) groups is 2. The number of benzene rings is 2. The van der Waals surface area contributed by atoms with Crippen LogP contribution < -0.4 is 15.0 Å². The van der Waals surface area contributed by atoms with Crippen molar-refractivity contribution in [2.75, 3.05) is 29.9 Å². The van der Waals surface area contributed by atoms with E-state index in [4.69, 9.17) is 4.74 Å². The first-order valence-corrected chi connectivity index (χ1v) is 12.0. The summed E-state index contributed by atoms with van der Waals surface area (Å²) in [5.74, 6) is 0.000122. The molecule has 178 valence electrons. The third kappa shape index (κ3) is 4.75. The molecule has 1 saturated heterocycles. The normalized spacial score (nSPS) is 15.8. The van der Waals surface area contributed by atoms with Crippen LogP contribution in [0.15, 0.2) is 78.6 Å². The highest BCUT2D eigenvalue weighted by Gasteiger charge is 2.39. The van der Waals surface area contributed by atoms with Crippen molar-refractivity contribution >= 4 is 28.8 Å². The van der Waals surface area contributed by atoms with Gasteiger partial charge < -0.3 is 15.0 Å². The summed E-state index contributed by atoms with van der Waals surface area (Å²) in [6.45, 7) is 4.71. The number of aromatic nitrogens is 1. The molecule has 0 unspecified atom stereocenters. The summed E-state index contributed by atoms with van der Waals surface area (Å²) in [7, 11) is 0. The minimum Gasteiger partial charge on any atom is -0.494 e. The Bertz CT molecular complexity index is 1230. The van der Waals surface area contributed by atoms with E-state index in [0.29, 0.717) is 29.2 Å². The second-order valence-electron chi connectivity index (χ2n) is 8.59. The van der Waals surface area contributed by atoms with Crippen LogP contribution >= 0.6 is 0 Å². The molecule has 3 aromatic rings. The average Bonchev–Trinajstić information content (AvgIpc) is 3.50. The fraction of sp³-hybridized carbons (Fsp3) is 0.250. The van der Waals surface area contributed by atoms with Crippen LogP contribution in [0.5, 0.6) is 5.75 Å². The lowest BCUT2D eigenvalue weighted by molar-refractivity contribution is -0.137. The molecule has 7 heteroatoms. The highest BCUT2D eigenvalue weighted by molar-refractivity contribution is 6.36. The Kier molecular flexibility index (Phi) is 6.48. The molecule has 3 heterocycles. The largest absolute Gasteiger partial charge is 0.494 e. The molecule has 2 aliphatic rings. The fourth-order valence-electron chi connectivity index (χ4n) is 4.52. The van der Waals surface area contributed by atoms with Gasteiger partial charge in [-0.15, -0.1) is 0 Å². The van der Waals surface area contributed by atoms with E-state index in [1.807, 2.05) is 49.4 Å². The second-order valence-corrected chi connectivity index (χ2v) is 8.59. The molecule has 1 fully saturated rings. The number of imide groups is 1. The minimum atomic E-state index is -0.367. The third-order valence-corrected chi connectivity index (χ3v) is 6.28. The fourth-order valence-corrected chi connectivity index (χ4v) is 4.52. The molecule has 2 aliphatic heterocycles. The van der Waals surface area contributed by atoms with Gasteiger partial charge in [0.15, 0.2) is 0 Å². The van der Waals surface area contributed by atoms with Crippen LogP contribution in [-0.2, 0) is 16.1 Å². The molecular weight excluding hydrogens is 440 g/mol. The van der Waals surface area contributed by atoms with Crippen LogP contribution in [0, 0.1) is 0 Å². The summed E-state index contributed by atoms with van der Waals surface area (Å²) in [5.41, 5.74) is 3.84. The van der Waals surface area contributed by atoms with E-state index in [-0.39, 0.29) is 24.1 Å². The van der Waals surface area contributed by atoms with Crippen molar-refractivity contribution in [3.8, 4) is 5.75 Å². The molecule has 1 N–H and O–H groups in total. The molecule has 2 aromatic carbocycles. The third-order valence-electron chi connectivity index (χ3n) is 6.28. The molecule has 1 aromatic heterocycles. The molecule has 7 nitrogen and oxygen atoms in total. The zero-order chi connectivity index (χ0) is 24.2. The first-order valence-electron chi connectivity index (χ1n) is 12.0. The van der Waals surface area contributed by atoms with Gasteiger partial charge in [-0.1, -0.05) is 18.2 Å². The van der Waals surface area contributed by atoms with Crippen molar-refractivity contribution < 1.29 is 14.3 Å². The number of carbonyl (C=O) groups excluding carboxylic acids is 2. The van der Waals surface area contributed by atoms with Gasteiger partial charge in [-0.2, -0.15) is 0 Å². The molecule has 0 bridgehead atoms. The maximum absolute atomic E-state index is 13.5. The summed E-state index contributed by atoms with van der Waals surface area (Å²) in [4.78, 5) is 34.9. The van der Waals surface area contributed by atoms with Crippen molar-refractivity contribution in [1.29, 1.82) is 0 Å². The van der Waals surface area contributed by atoms with Gasteiger partial charge in [0.25, 0.3) is 11.8 Å². The first-order chi connectivity index (χ1) is 17.1. The summed E-state index contributed by atoms with van der Waals surface area (Å²) in [6.07, 6.45) is 4.07. The number of anilines is 2. The smallest absolute Gasteiger partial charge is 0.278 e. The van der Waals surface area contributed by atoms with Gasteiger partial charge >= 0.3 is 0 Å². The monoisotopic (exact) mass is 468 g/mol. The summed E-state index contributed by atoms with van der Waals surface area (Å²) in [6, 6.07) is 20.7. The number of hydrogen-bond donors (Lipinski definition) is 1. The number of pyridine rings is 1. The topological polar surface area (TPSA) is 74.8 Å². The Balaban J connectivity index is 1.46. The maximum Gasteiger partial charge on any atom is 0.278 e. The number of nitrogens with one attached hydrogen (secondary N) is 1. The van der Waals surface area contributed by atoms with Gasteiger partial charge in [0, 0.05) is 30.7 Å². The first kappa shape index (κ1) is 22.7. The average molecular weight is 469 g/mol. The molecule has 5 rings (SSSR count). The highest BCUT2D eigenvalue weighted by atomic mass is 16.5. The van der Waals surface area contributed by atoms with E-state index in [1.54, 1.807) is 18.3 Å². The summed E-state index contributed by atoms with van der Waals surface area (Å²) in [5, 5.41) is 3.24. The summed E-state index contributed by atoms with van der Waals surface area (Å²) >= 11 is 0. The highest BCUT2D eigenvalue weighted by Crippen LogP contribution is 2.33. The number of nitrogens with zero attached hydrogens (tertiary/aromatic N) is 3. The van der Waals surface area contributed by atoms with Gasteiger partial charge in [0.2, 0.25) is 0 Å². The predicted molar refractivity (Wildman–Crippen MR) is 136 cm³/mol. The number of ether oxygens (including phenoxy) is 1. The number of hydrogen-bond acceptors (Lipinski definition) is 6. The van der Waals surface area contributed by atoms with Crippen molar-refractivity contribution in [2.45, 2.75) is 26.3 Å². The predicted octanol–water partition coefficient (Wildman–Crippen LogP) is 4.47. The van der Waals surface area contributed by atoms with Crippen molar-refractivity contribution in [1.82, 2.24) is 9.88 Å². The van der Waals surface area contributed by atoms with Gasteiger partial charge in [-0.3, -0.25) is 19.5 Å². The Labute approximate surface area is 205 Å².